The van der Waals surface area contributed by atoms with Gasteiger partial charge in [-0.05, 0) is 26.6 Å². The summed E-state index contributed by atoms with van der Waals surface area (Å²) >= 11 is 0. The molecule has 0 amide bonds. The van der Waals surface area contributed by atoms with Gasteiger partial charge in [0, 0.05) is 0 Å². The van der Waals surface area contributed by atoms with E-state index in [-0.39, 0.29) is 11.8 Å². The first-order valence-electron chi connectivity index (χ1n) is 3.55. The predicted octanol–water partition coefficient (Wildman–Crippen LogP) is 3.30. The third-order valence-corrected chi connectivity index (χ3v) is 1.77. The molecular formula is C7H13F3OSi. The molecule has 0 rings (SSSR count). The second-order valence-electron chi connectivity index (χ2n) is 3.51. The minimum Gasteiger partial charge on any atom is -0.548 e. The number of rotatable bonds is 2. The summed E-state index contributed by atoms with van der Waals surface area (Å²) in [6.45, 7) is 6.83. The number of halogens is 3. The van der Waals surface area contributed by atoms with E-state index in [1.54, 1.807) is 0 Å². The normalized spacial score (nSPS) is 14.8. The van der Waals surface area contributed by atoms with Crippen molar-refractivity contribution in [3.63, 3.8) is 0 Å². The molecule has 0 fully saturated rings. The van der Waals surface area contributed by atoms with Crippen molar-refractivity contribution in [1.82, 2.24) is 0 Å². The monoisotopic (exact) mass is 198 g/mol. The average Bonchev–Trinajstić information content (AvgIpc) is 1.49. The van der Waals surface area contributed by atoms with E-state index >= 15 is 0 Å². The third-order valence-electron chi connectivity index (χ3n) is 0.834. The minimum atomic E-state index is -4.27. The Morgan fingerprint density at radius 2 is 1.67 bits per heavy atom. The third kappa shape index (κ3) is 7.65. The van der Waals surface area contributed by atoms with Crippen molar-refractivity contribution >= 4 is 8.32 Å². The molecule has 0 atom stereocenters. The lowest BCUT2D eigenvalue weighted by atomic mass is 10.5. The minimum absolute atomic E-state index is 0.0540. The topological polar surface area (TPSA) is 9.23 Å². The van der Waals surface area contributed by atoms with E-state index in [2.05, 4.69) is 0 Å². The zero-order valence-corrected chi connectivity index (χ0v) is 8.62. The van der Waals surface area contributed by atoms with Crippen molar-refractivity contribution in [1.29, 1.82) is 0 Å². The Labute approximate surface area is 71.4 Å². The smallest absolute Gasteiger partial charge is 0.412 e. The number of hydrogen-bond acceptors (Lipinski definition) is 1. The van der Waals surface area contributed by atoms with Crippen LogP contribution < -0.4 is 0 Å². The van der Waals surface area contributed by atoms with E-state index in [9.17, 15) is 13.2 Å². The van der Waals surface area contributed by atoms with E-state index in [1.807, 2.05) is 19.6 Å². The average molecular weight is 198 g/mol. The van der Waals surface area contributed by atoms with Crippen molar-refractivity contribution in [3.05, 3.63) is 11.8 Å². The van der Waals surface area contributed by atoms with Crippen LogP contribution in [0.4, 0.5) is 13.2 Å². The highest BCUT2D eigenvalue weighted by atomic mass is 28.4. The molecule has 0 saturated carbocycles. The Bertz CT molecular complexity index is 178. The van der Waals surface area contributed by atoms with Gasteiger partial charge in [0.15, 0.2) is 0 Å². The number of hydrogen-bond donors (Lipinski definition) is 0. The summed E-state index contributed by atoms with van der Waals surface area (Å²) in [6, 6.07) is 0. The maximum atomic E-state index is 11.7. The second-order valence-corrected chi connectivity index (χ2v) is 7.94. The zero-order chi connectivity index (χ0) is 9.99. The molecule has 0 heterocycles. The molecule has 0 saturated heterocycles. The first kappa shape index (κ1) is 11.5. The van der Waals surface area contributed by atoms with Crippen LogP contribution in [0.5, 0.6) is 0 Å². The summed E-state index contributed by atoms with van der Waals surface area (Å²) in [6.07, 6.45) is -4.09. The highest BCUT2D eigenvalue weighted by molar-refractivity contribution is 6.70. The van der Waals surface area contributed by atoms with Gasteiger partial charge in [-0.2, -0.15) is 13.2 Å². The van der Waals surface area contributed by atoms with E-state index < -0.39 is 14.5 Å². The van der Waals surface area contributed by atoms with Gasteiger partial charge in [-0.15, -0.1) is 0 Å². The van der Waals surface area contributed by atoms with Gasteiger partial charge in [-0.3, -0.25) is 0 Å². The molecule has 0 radical (unpaired) electrons. The summed E-state index contributed by atoms with van der Waals surface area (Å²) in [5.74, 6) is -0.0540. The summed E-state index contributed by atoms with van der Waals surface area (Å²) in [7, 11) is -1.89. The van der Waals surface area contributed by atoms with Crippen LogP contribution in [0.3, 0.4) is 0 Å². The standard InChI is InChI=1S/C7H13F3OSi/c1-6(5-7(8,9)10)11-12(2,3)4/h5H,1-4H3/b6-5+. The molecule has 0 aromatic carbocycles. The highest BCUT2D eigenvalue weighted by Crippen LogP contribution is 2.20. The maximum absolute atomic E-state index is 11.7. The van der Waals surface area contributed by atoms with Crippen LogP contribution in [-0.4, -0.2) is 14.5 Å². The van der Waals surface area contributed by atoms with Gasteiger partial charge in [0.25, 0.3) is 0 Å². The molecule has 1 nitrogen and oxygen atoms in total. The van der Waals surface area contributed by atoms with Gasteiger partial charge in [-0.1, -0.05) is 0 Å². The molecule has 0 aliphatic heterocycles. The van der Waals surface area contributed by atoms with Crippen LogP contribution in [0.25, 0.3) is 0 Å². The van der Waals surface area contributed by atoms with Gasteiger partial charge in [-0.25, -0.2) is 0 Å². The quantitative estimate of drug-likeness (QED) is 0.488. The van der Waals surface area contributed by atoms with Gasteiger partial charge >= 0.3 is 6.18 Å². The Morgan fingerprint density at radius 3 is 1.92 bits per heavy atom. The van der Waals surface area contributed by atoms with Crippen molar-refractivity contribution in [3.8, 4) is 0 Å². The Hall–Kier alpha value is -0.453. The molecule has 0 aromatic heterocycles. The van der Waals surface area contributed by atoms with Crippen molar-refractivity contribution < 1.29 is 17.6 Å². The number of allylic oxidation sites excluding steroid dienone is 2. The number of alkyl halides is 3. The van der Waals surface area contributed by atoms with Crippen molar-refractivity contribution in [2.45, 2.75) is 32.7 Å². The van der Waals surface area contributed by atoms with Crippen LogP contribution in [0, 0.1) is 0 Å². The molecule has 0 unspecified atom stereocenters. The van der Waals surface area contributed by atoms with Crippen LogP contribution in [0.1, 0.15) is 6.92 Å². The Morgan fingerprint density at radius 1 is 1.25 bits per heavy atom. The van der Waals surface area contributed by atoms with Gasteiger partial charge in [0.2, 0.25) is 8.32 Å². The molecule has 0 aliphatic carbocycles. The highest BCUT2D eigenvalue weighted by Gasteiger charge is 2.25. The first-order chi connectivity index (χ1) is 5.10. The molecule has 0 N–H and O–H groups in total. The molecule has 0 aliphatic rings. The van der Waals surface area contributed by atoms with Crippen molar-refractivity contribution in [2.75, 3.05) is 0 Å². The van der Waals surface area contributed by atoms with Crippen LogP contribution in [-0.2, 0) is 4.43 Å². The lowest BCUT2D eigenvalue weighted by Crippen LogP contribution is -2.24. The molecule has 0 aromatic rings. The SMILES string of the molecule is C/C(=C\C(F)(F)F)O[Si](C)(C)C. The Balaban J connectivity index is 4.23. The van der Waals surface area contributed by atoms with Gasteiger partial charge in [0.1, 0.15) is 0 Å². The van der Waals surface area contributed by atoms with Gasteiger partial charge < -0.3 is 4.43 Å². The summed E-state index contributed by atoms with van der Waals surface area (Å²) in [4.78, 5) is 0. The fraction of sp³-hybridized carbons (Fsp3) is 0.714. The zero-order valence-electron chi connectivity index (χ0n) is 7.62. The maximum Gasteiger partial charge on any atom is 0.412 e. The summed E-state index contributed by atoms with van der Waals surface area (Å²) < 4.78 is 40.3. The van der Waals surface area contributed by atoms with Crippen LogP contribution in [0.2, 0.25) is 19.6 Å². The van der Waals surface area contributed by atoms with E-state index in [1.165, 1.54) is 6.92 Å². The van der Waals surface area contributed by atoms with E-state index in [4.69, 9.17) is 4.43 Å². The van der Waals surface area contributed by atoms with Crippen LogP contribution >= 0.6 is 0 Å². The Kier molecular flexibility index (Phi) is 3.38. The van der Waals surface area contributed by atoms with Gasteiger partial charge in [0.05, 0.1) is 11.8 Å². The molecular weight excluding hydrogens is 185 g/mol. The molecule has 5 heteroatoms. The fourth-order valence-electron chi connectivity index (χ4n) is 0.743. The molecule has 0 spiro atoms. The molecule has 0 bridgehead atoms. The van der Waals surface area contributed by atoms with E-state index in [0.717, 1.165) is 0 Å². The first-order valence-corrected chi connectivity index (χ1v) is 6.96. The lowest BCUT2D eigenvalue weighted by molar-refractivity contribution is -0.0818. The van der Waals surface area contributed by atoms with E-state index in [0.29, 0.717) is 0 Å². The van der Waals surface area contributed by atoms with Crippen LogP contribution in [0.15, 0.2) is 11.8 Å². The fourth-order valence-corrected chi connectivity index (χ4v) is 1.77. The second kappa shape index (κ2) is 3.51. The summed E-state index contributed by atoms with van der Waals surface area (Å²) in [5, 5.41) is 0. The largest absolute Gasteiger partial charge is 0.548 e. The summed E-state index contributed by atoms with van der Waals surface area (Å²) in [5.41, 5.74) is 0. The molecule has 72 valence electrons. The molecule has 12 heavy (non-hydrogen) atoms. The lowest BCUT2D eigenvalue weighted by Gasteiger charge is -2.19. The van der Waals surface area contributed by atoms with Crippen molar-refractivity contribution in [2.24, 2.45) is 0 Å². The predicted molar refractivity (Wildman–Crippen MR) is 44.2 cm³/mol.